The Morgan fingerprint density at radius 1 is 1.05 bits per heavy atom. The summed E-state index contributed by atoms with van der Waals surface area (Å²) in [7, 11) is 0. The van der Waals surface area contributed by atoms with Crippen LogP contribution in [0.25, 0.3) is 0 Å². The lowest BCUT2D eigenvalue weighted by Gasteiger charge is -2.27. The molecule has 2 heteroatoms. The minimum Gasteiger partial charge on any atom is -0.493 e. The lowest BCUT2D eigenvalue weighted by atomic mass is 9.94. The summed E-state index contributed by atoms with van der Waals surface area (Å²) < 4.78 is 5.73. The molecule has 2 nitrogen and oxygen atoms in total. The van der Waals surface area contributed by atoms with Crippen LogP contribution < -0.4 is 10.1 Å². The molecule has 20 heavy (non-hydrogen) atoms. The van der Waals surface area contributed by atoms with Gasteiger partial charge in [0.1, 0.15) is 5.75 Å². The molecule has 1 aliphatic carbocycles. The van der Waals surface area contributed by atoms with Crippen molar-refractivity contribution in [3.05, 3.63) is 29.8 Å². The van der Waals surface area contributed by atoms with Crippen LogP contribution in [-0.2, 0) is 0 Å². The first-order valence-electron chi connectivity index (χ1n) is 8.14. The number of hydrogen-bond acceptors (Lipinski definition) is 2. The van der Waals surface area contributed by atoms with E-state index in [1.165, 1.54) is 37.7 Å². The van der Waals surface area contributed by atoms with Crippen molar-refractivity contribution in [3.8, 4) is 5.75 Å². The summed E-state index contributed by atoms with van der Waals surface area (Å²) in [6.07, 6.45) is 6.84. The zero-order valence-electron chi connectivity index (χ0n) is 13.2. The standard InChI is InChI=1S/C18H29NO/c1-14(2)13-20-18-11-9-16(10-12-18)15(3)19-17-7-5-4-6-8-17/h9-12,14-15,17,19H,4-8,13H2,1-3H3. The van der Waals surface area contributed by atoms with Gasteiger partial charge in [-0.25, -0.2) is 0 Å². The molecule has 0 aromatic heterocycles. The van der Waals surface area contributed by atoms with Crippen molar-refractivity contribution in [1.82, 2.24) is 5.32 Å². The second kappa shape index (κ2) is 7.68. The van der Waals surface area contributed by atoms with Gasteiger partial charge in [0.05, 0.1) is 6.61 Å². The van der Waals surface area contributed by atoms with Crippen molar-refractivity contribution < 1.29 is 4.74 Å². The second-order valence-corrected chi connectivity index (χ2v) is 6.50. The number of rotatable bonds is 6. The third kappa shape index (κ3) is 4.82. The number of hydrogen-bond donors (Lipinski definition) is 1. The molecule has 1 fully saturated rings. The Bertz CT molecular complexity index is 379. The van der Waals surface area contributed by atoms with Crippen LogP contribution in [0.1, 0.15) is 64.5 Å². The zero-order chi connectivity index (χ0) is 14.4. The van der Waals surface area contributed by atoms with Gasteiger partial charge in [-0.05, 0) is 43.4 Å². The van der Waals surface area contributed by atoms with Gasteiger partial charge in [-0.2, -0.15) is 0 Å². The smallest absolute Gasteiger partial charge is 0.119 e. The predicted molar refractivity (Wildman–Crippen MR) is 85.2 cm³/mol. The Morgan fingerprint density at radius 2 is 1.70 bits per heavy atom. The second-order valence-electron chi connectivity index (χ2n) is 6.50. The molecule has 1 aliphatic rings. The summed E-state index contributed by atoms with van der Waals surface area (Å²) >= 11 is 0. The quantitative estimate of drug-likeness (QED) is 0.812. The van der Waals surface area contributed by atoms with Crippen LogP contribution in [0.4, 0.5) is 0 Å². The van der Waals surface area contributed by atoms with Gasteiger partial charge >= 0.3 is 0 Å². The van der Waals surface area contributed by atoms with Crippen LogP contribution >= 0.6 is 0 Å². The Morgan fingerprint density at radius 3 is 2.30 bits per heavy atom. The highest BCUT2D eigenvalue weighted by Crippen LogP contribution is 2.23. The van der Waals surface area contributed by atoms with Crippen molar-refractivity contribution in [3.63, 3.8) is 0 Å². The average molecular weight is 275 g/mol. The molecule has 1 aromatic carbocycles. The van der Waals surface area contributed by atoms with E-state index in [0.717, 1.165) is 12.4 Å². The SMILES string of the molecule is CC(C)COc1ccc(C(C)NC2CCCCC2)cc1. The molecule has 1 atom stereocenters. The Hall–Kier alpha value is -1.02. The molecule has 0 spiro atoms. The van der Waals surface area contributed by atoms with Crippen LogP contribution in [0.5, 0.6) is 5.75 Å². The fraction of sp³-hybridized carbons (Fsp3) is 0.667. The molecule has 0 radical (unpaired) electrons. The molecule has 0 heterocycles. The molecule has 1 N–H and O–H groups in total. The van der Waals surface area contributed by atoms with Gasteiger partial charge in [-0.1, -0.05) is 45.2 Å². The third-order valence-corrected chi connectivity index (χ3v) is 4.05. The monoisotopic (exact) mass is 275 g/mol. The molecular formula is C18H29NO. The van der Waals surface area contributed by atoms with Crippen LogP contribution in [0.2, 0.25) is 0 Å². The number of ether oxygens (including phenoxy) is 1. The minimum absolute atomic E-state index is 0.428. The molecule has 1 unspecified atom stereocenters. The van der Waals surface area contributed by atoms with E-state index >= 15 is 0 Å². The summed E-state index contributed by atoms with van der Waals surface area (Å²) in [5.74, 6) is 1.55. The molecule has 2 rings (SSSR count). The minimum atomic E-state index is 0.428. The molecule has 1 aromatic rings. The Labute approximate surface area is 123 Å². The normalized spacial score (nSPS) is 18.2. The van der Waals surface area contributed by atoms with E-state index < -0.39 is 0 Å². The molecular weight excluding hydrogens is 246 g/mol. The van der Waals surface area contributed by atoms with Gasteiger partial charge in [0.25, 0.3) is 0 Å². The van der Waals surface area contributed by atoms with E-state index in [2.05, 4.69) is 50.4 Å². The largest absolute Gasteiger partial charge is 0.493 e. The average Bonchev–Trinajstić information content (AvgIpc) is 2.46. The van der Waals surface area contributed by atoms with Crippen LogP contribution in [0, 0.1) is 5.92 Å². The summed E-state index contributed by atoms with van der Waals surface area (Å²) in [4.78, 5) is 0. The summed E-state index contributed by atoms with van der Waals surface area (Å²) in [5, 5.41) is 3.76. The van der Waals surface area contributed by atoms with Crippen molar-refractivity contribution in [2.24, 2.45) is 5.92 Å². The van der Waals surface area contributed by atoms with Crippen LogP contribution in [0.3, 0.4) is 0 Å². The van der Waals surface area contributed by atoms with Crippen LogP contribution in [-0.4, -0.2) is 12.6 Å². The highest BCUT2D eigenvalue weighted by atomic mass is 16.5. The zero-order valence-corrected chi connectivity index (χ0v) is 13.2. The van der Waals surface area contributed by atoms with Gasteiger partial charge in [-0.15, -0.1) is 0 Å². The van der Waals surface area contributed by atoms with Gasteiger partial charge in [-0.3, -0.25) is 0 Å². The molecule has 1 saturated carbocycles. The maximum absolute atomic E-state index is 5.73. The first-order valence-corrected chi connectivity index (χ1v) is 8.14. The van der Waals surface area contributed by atoms with E-state index in [4.69, 9.17) is 4.74 Å². The van der Waals surface area contributed by atoms with Gasteiger partial charge in [0, 0.05) is 12.1 Å². The molecule has 0 amide bonds. The summed E-state index contributed by atoms with van der Waals surface area (Å²) in [6, 6.07) is 9.70. The lowest BCUT2D eigenvalue weighted by molar-refractivity contribution is 0.271. The maximum Gasteiger partial charge on any atom is 0.119 e. The fourth-order valence-electron chi connectivity index (χ4n) is 2.83. The number of nitrogens with one attached hydrogen (secondary N) is 1. The first-order chi connectivity index (χ1) is 9.65. The van der Waals surface area contributed by atoms with E-state index in [9.17, 15) is 0 Å². The fourth-order valence-corrected chi connectivity index (χ4v) is 2.83. The highest BCUT2D eigenvalue weighted by molar-refractivity contribution is 5.29. The third-order valence-electron chi connectivity index (χ3n) is 4.05. The number of benzene rings is 1. The van der Waals surface area contributed by atoms with Crippen molar-refractivity contribution in [1.29, 1.82) is 0 Å². The Balaban J connectivity index is 1.84. The van der Waals surface area contributed by atoms with Gasteiger partial charge < -0.3 is 10.1 Å². The van der Waals surface area contributed by atoms with Crippen molar-refractivity contribution in [2.75, 3.05) is 6.61 Å². The molecule has 112 valence electrons. The highest BCUT2D eigenvalue weighted by Gasteiger charge is 2.16. The molecule has 0 saturated heterocycles. The predicted octanol–water partition coefficient (Wildman–Crippen LogP) is 4.70. The van der Waals surface area contributed by atoms with Crippen molar-refractivity contribution in [2.45, 2.75) is 65.0 Å². The van der Waals surface area contributed by atoms with Gasteiger partial charge in [0.15, 0.2) is 0 Å². The summed E-state index contributed by atoms with van der Waals surface area (Å²) in [5.41, 5.74) is 1.35. The van der Waals surface area contributed by atoms with E-state index in [-0.39, 0.29) is 0 Å². The first kappa shape index (κ1) is 15.4. The molecule has 0 aliphatic heterocycles. The maximum atomic E-state index is 5.73. The topological polar surface area (TPSA) is 21.3 Å². The summed E-state index contributed by atoms with van der Waals surface area (Å²) in [6.45, 7) is 7.39. The van der Waals surface area contributed by atoms with Gasteiger partial charge in [0.2, 0.25) is 0 Å². The van der Waals surface area contributed by atoms with E-state index in [1.54, 1.807) is 0 Å². The lowest BCUT2D eigenvalue weighted by Crippen LogP contribution is -2.33. The molecule has 0 bridgehead atoms. The van der Waals surface area contributed by atoms with E-state index in [1.807, 2.05) is 0 Å². The van der Waals surface area contributed by atoms with E-state index in [0.29, 0.717) is 18.0 Å². The Kier molecular flexibility index (Phi) is 5.90. The van der Waals surface area contributed by atoms with Crippen molar-refractivity contribution >= 4 is 0 Å². The van der Waals surface area contributed by atoms with Crippen LogP contribution in [0.15, 0.2) is 24.3 Å².